The summed E-state index contributed by atoms with van der Waals surface area (Å²) in [6, 6.07) is 5.02. The molecule has 0 aliphatic carbocycles. The number of sulfonamides is 2. The Morgan fingerprint density at radius 1 is 1.24 bits per heavy atom. The zero-order chi connectivity index (χ0) is 15.5. The third-order valence-corrected chi connectivity index (χ3v) is 5.82. The van der Waals surface area contributed by atoms with Crippen molar-refractivity contribution in [2.24, 2.45) is 11.1 Å². The topological polar surface area (TPSA) is 118 Å². The summed E-state index contributed by atoms with van der Waals surface area (Å²) in [5, 5.41) is 8.22. The van der Waals surface area contributed by atoms with Crippen LogP contribution in [0, 0.1) is 5.92 Å². The van der Waals surface area contributed by atoms with Crippen LogP contribution in [0.1, 0.15) is 12.8 Å². The smallest absolute Gasteiger partial charge is 0.240 e. The summed E-state index contributed by atoms with van der Waals surface area (Å²) in [5.74, 6) is 0.475. The molecule has 118 valence electrons. The second-order valence-electron chi connectivity index (χ2n) is 5.07. The molecule has 4 N–H and O–H groups in total. The van der Waals surface area contributed by atoms with E-state index in [4.69, 9.17) is 5.14 Å². The van der Waals surface area contributed by atoms with Gasteiger partial charge in [-0.25, -0.2) is 26.7 Å². The van der Waals surface area contributed by atoms with Crippen molar-refractivity contribution >= 4 is 20.0 Å². The molecular formula is C12H19N3O4S2. The Morgan fingerprint density at radius 2 is 1.95 bits per heavy atom. The highest BCUT2D eigenvalue weighted by Gasteiger charge is 2.19. The van der Waals surface area contributed by atoms with Crippen molar-refractivity contribution in [3.63, 3.8) is 0 Å². The maximum atomic E-state index is 12.1. The van der Waals surface area contributed by atoms with E-state index in [0.717, 1.165) is 32.0 Å². The van der Waals surface area contributed by atoms with E-state index in [1.807, 2.05) is 0 Å². The largest absolute Gasteiger partial charge is 0.316 e. The highest BCUT2D eigenvalue weighted by Crippen LogP contribution is 2.15. The predicted octanol–water partition coefficient (Wildman–Crippen LogP) is -0.388. The molecule has 1 aliphatic rings. The Bertz CT molecular complexity index is 695. The highest BCUT2D eigenvalue weighted by molar-refractivity contribution is 7.90. The molecule has 0 bridgehead atoms. The van der Waals surface area contributed by atoms with Crippen LogP contribution >= 0.6 is 0 Å². The van der Waals surface area contributed by atoms with Crippen LogP contribution in [-0.4, -0.2) is 36.5 Å². The molecule has 1 aromatic carbocycles. The van der Waals surface area contributed by atoms with Gasteiger partial charge in [0.25, 0.3) is 0 Å². The molecule has 1 fully saturated rings. The Hall–Kier alpha value is -1.00. The first kappa shape index (κ1) is 16.4. The first-order valence-corrected chi connectivity index (χ1v) is 9.65. The van der Waals surface area contributed by atoms with Gasteiger partial charge in [0.05, 0.1) is 9.79 Å². The summed E-state index contributed by atoms with van der Waals surface area (Å²) in [6.45, 7) is 2.20. The molecule has 7 nitrogen and oxygen atoms in total. The summed E-state index contributed by atoms with van der Waals surface area (Å²) < 4.78 is 49.2. The molecule has 0 radical (unpaired) electrons. The van der Waals surface area contributed by atoms with Gasteiger partial charge in [-0.1, -0.05) is 6.07 Å². The van der Waals surface area contributed by atoms with Crippen molar-refractivity contribution in [2.45, 2.75) is 22.6 Å². The van der Waals surface area contributed by atoms with E-state index in [1.54, 1.807) is 0 Å². The van der Waals surface area contributed by atoms with Crippen LogP contribution < -0.4 is 15.2 Å². The first-order valence-electron chi connectivity index (χ1n) is 6.62. The van der Waals surface area contributed by atoms with E-state index >= 15 is 0 Å². The van der Waals surface area contributed by atoms with Gasteiger partial charge in [0.2, 0.25) is 20.0 Å². The zero-order valence-corrected chi connectivity index (χ0v) is 13.1. The molecule has 1 saturated heterocycles. The fourth-order valence-corrected chi connectivity index (χ4v) is 3.99. The number of benzene rings is 1. The third kappa shape index (κ3) is 4.48. The summed E-state index contributed by atoms with van der Waals surface area (Å²) in [5.41, 5.74) is 0. The number of hydrogen-bond donors (Lipinski definition) is 3. The number of hydrogen-bond acceptors (Lipinski definition) is 5. The van der Waals surface area contributed by atoms with Crippen molar-refractivity contribution in [2.75, 3.05) is 19.6 Å². The van der Waals surface area contributed by atoms with E-state index in [9.17, 15) is 16.8 Å². The minimum Gasteiger partial charge on any atom is -0.316 e. The summed E-state index contributed by atoms with van der Waals surface area (Å²) in [6.07, 6.45) is 1.80. The lowest BCUT2D eigenvalue weighted by Crippen LogP contribution is -2.27. The highest BCUT2D eigenvalue weighted by atomic mass is 32.2. The summed E-state index contributed by atoms with van der Waals surface area (Å²) in [7, 11) is -7.64. The summed E-state index contributed by atoms with van der Waals surface area (Å²) in [4.78, 5) is -0.316. The van der Waals surface area contributed by atoms with Crippen molar-refractivity contribution in [3.05, 3.63) is 24.3 Å². The van der Waals surface area contributed by atoms with E-state index in [-0.39, 0.29) is 9.79 Å². The Morgan fingerprint density at radius 3 is 2.57 bits per heavy atom. The maximum absolute atomic E-state index is 12.1. The average molecular weight is 333 g/mol. The molecule has 0 aromatic heterocycles. The number of nitrogens with one attached hydrogen (secondary N) is 2. The van der Waals surface area contributed by atoms with Gasteiger partial charge in [0, 0.05) is 6.54 Å². The van der Waals surface area contributed by atoms with Crippen molar-refractivity contribution < 1.29 is 16.8 Å². The molecule has 0 amide bonds. The average Bonchev–Trinajstić information content (AvgIpc) is 2.91. The Kier molecular flexibility index (Phi) is 4.99. The van der Waals surface area contributed by atoms with Crippen LogP contribution in [0.3, 0.4) is 0 Å². The molecular weight excluding hydrogens is 314 g/mol. The normalized spacial score (nSPS) is 19.8. The van der Waals surface area contributed by atoms with Gasteiger partial charge < -0.3 is 5.32 Å². The lowest BCUT2D eigenvalue weighted by molar-refractivity contribution is 0.519. The van der Waals surface area contributed by atoms with Gasteiger partial charge in [0.1, 0.15) is 0 Å². The van der Waals surface area contributed by atoms with Gasteiger partial charge in [-0.05, 0) is 50.0 Å². The number of primary sulfonamides is 1. The number of rotatable bonds is 6. The quantitative estimate of drug-likeness (QED) is 0.655. The summed E-state index contributed by atoms with van der Waals surface area (Å²) >= 11 is 0. The molecule has 9 heteroatoms. The molecule has 1 aromatic rings. The molecule has 1 aliphatic heterocycles. The monoisotopic (exact) mass is 333 g/mol. The zero-order valence-electron chi connectivity index (χ0n) is 11.4. The molecule has 1 atom stereocenters. The lowest BCUT2D eigenvalue weighted by atomic mass is 10.1. The predicted molar refractivity (Wildman–Crippen MR) is 78.6 cm³/mol. The minimum atomic E-state index is -3.92. The van der Waals surface area contributed by atoms with Gasteiger partial charge in [-0.3, -0.25) is 0 Å². The fraction of sp³-hybridized carbons (Fsp3) is 0.500. The molecule has 0 spiro atoms. The van der Waals surface area contributed by atoms with E-state index < -0.39 is 20.0 Å². The van der Waals surface area contributed by atoms with E-state index in [0.29, 0.717) is 12.5 Å². The van der Waals surface area contributed by atoms with Crippen LogP contribution in [0.15, 0.2) is 34.1 Å². The van der Waals surface area contributed by atoms with Crippen LogP contribution in [0.25, 0.3) is 0 Å². The van der Waals surface area contributed by atoms with Crippen molar-refractivity contribution in [1.29, 1.82) is 0 Å². The minimum absolute atomic E-state index is 0.0985. The van der Waals surface area contributed by atoms with Crippen LogP contribution in [0.5, 0.6) is 0 Å². The fourth-order valence-electron chi connectivity index (χ4n) is 2.26. The number of nitrogens with two attached hydrogens (primary N) is 1. The van der Waals surface area contributed by atoms with E-state index in [2.05, 4.69) is 10.0 Å². The standard InChI is InChI=1S/C12H19N3O4S2/c13-20(16,17)11-2-1-3-12(8-11)21(18,19)15-7-5-10-4-6-14-9-10/h1-3,8,10,14-15H,4-7,9H2,(H2,13,16,17). The van der Waals surface area contributed by atoms with Gasteiger partial charge >= 0.3 is 0 Å². The van der Waals surface area contributed by atoms with Crippen LogP contribution in [-0.2, 0) is 20.0 Å². The third-order valence-electron chi connectivity index (χ3n) is 3.45. The van der Waals surface area contributed by atoms with Crippen molar-refractivity contribution in [1.82, 2.24) is 10.0 Å². The van der Waals surface area contributed by atoms with Crippen LogP contribution in [0.4, 0.5) is 0 Å². The molecule has 1 unspecified atom stereocenters. The van der Waals surface area contributed by atoms with E-state index in [1.165, 1.54) is 18.2 Å². The molecule has 1 heterocycles. The Balaban J connectivity index is 2.05. The first-order chi connectivity index (χ1) is 9.79. The Labute approximate surface area is 125 Å². The van der Waals surface area contributed by atoms with Crippen molar-refractivity contribution in [3.8, 4) is 0 Å². The molecule has 2 rings (SSSR count). The molecule has 21 heavy (non-hydrogen) atoms. The van der Waals surface area contributed by atoms with Crippen LogP contribution in [0.2, 0.25) is 0 Å². The molecule has 0 saturated carbocycles. The lowest BCUT2D eigenvalue weighted by Gasteiger charge is -2.10. The second-order valence-corrected chi connectivity index (χ2v) is 8.39. The van der Waals surface area contributed by atoms with Gasteiger partial charge in [0.15, 0.2) is 0 Å². The SMILES string of the molecule is NS(=O)(=O)c1cccc(S(=O)(=O)NCCC2CCNC2)c1. The second kappa shape index (κ2) is 6.41. The maximum Gasteiger partial charge on any atom is 0.240 e. The van der Waals surface area contributed by atoms with Gasteiger partial charge in [-0.15, -0.1) is 0 Å². The van der Waals surface area contributed by atoms with Gasteiger partial charge in [-0.2, -0.15) is 0 Å².